The number of hydrogen-bond acceptors (Lipinski definition) is 7. The molecule has 3 aliphatic rings. The number of morpholine rings is 1. The van der Waals surface area contributed by atoms with Gasteiger partial charge in [-0.2, -0.15) is 0 Å². The van der Waals surface area contributed by atoms with Crippen molar-refractivity contribution in [3.63, 3.8) is 0 Å². The largest absolute Gasteiger partial charge is 0.379 e. The smallest absolute Gasteiger partial charge is 0.225 e. The third kappa shape index (κ3) is 6.87. The van der Waals surface area contributed by atoms with Gasteiger partial charge in [-0.1, -0.05) is 0 Å². The van der Waals surface area contributed by atoms with Crippen LogP contribution in [0.15, 0.2) is 23.5 Å². The number of halogens is 1. The van der Waals surface area contributed by atoms with E-state index in [-0.39, 0.29) is 24.0 Å². The molecule has 1 unspecified atom stereocenters. The van der Waals surface area contributed by atoms with Crippen LogP contribution in [0.2, 0.25) is 0 Å². The van der Waals surface area contributed by atoms with Gasteiger partial charge in [-0.3, -0.25) is 14.8 Å². The lowest BCUT2D eigenvalue weighted by atomic mass is 10.2. The normalized spacial score (nSPS) is 23.6. The zero-order valence-corrected chi connectivity index (χ0v) is 21.0. The summed E-state index contributed by atoms with van der Waals surface area (Å²) in [5.74, 6) is 1.90. The Bertz CT molecular complexity index is 665. The SMILES string of the molecule is CN=C(NCCCN1CCN(c2ncccn2)CC1)N1CCC(N2CCOCC2)C1.I. The Morgan fingerprint density at radius 1 is 1.10 bits per heavy atom. The molecule has 0 spiro atoms. The maximum atomic E-state index is 5.49. The molecular formula is C21H37IN8O. The Kier molecular flexibility index (Phi) is 10.0. The van der Waals surface area contributed by atoms with Crippen molar-refractivity contribution in [3.05, 3.63) is 18.5 Å². The Morgan fingerprint density at radius 2 is 1.84 bits per heavy atom. The molecule has 4 rings (SSSR count). The highest BCUT2D eigenvalue weighted by Gasteiger charge is 2.30. The Hall–Kier alpha value is -1.24. The average Bonchev–Trinajstić information content (AvgIpc) is 3.31. The summed E-state index contributed by atoms with van der Waals surface area (Å²) < 4.78 is 5.49. The molecule has 0 saturated carbocycles. The van der Waals surface area contributed by atoms with E-state index in [1.807, 2.05) is 25.5 Å². The average molecular weight is 544 g/mol. The summed E-state index contributed by atoms with van der Waals surface area (Å²) in [5.41, 5.74) is 0. The van der Waals surface area contributed by atoms with E-state index in [0.29, 0.717) is 6.04 Å². The molecule has 3 saturated heterocycles. The molecule has 1 atom stereocenters. The molecular weight excluding hydrogens is 507 g/mol. The third-order valence-corrected chi connectivity index (χ3v) is 6.38. The molecule has 1 aromatic rings. The molecule has 174 valence electrons. The molecule has 0 aliphatic carbocycles. The maximum absolute atomic E-state index is 5.49. The van der Waals surface area contributed by atoms with Gasteiger partial charge in [0.25, 0.3) is 0 Å². The van der Waals surface area contributed by atoms with Gasteiger partial charge in [0.1, 0.15) is 0 Å². The van der Waals surface area contributed by atoms with Crippen molar-refractivity contribution in [1.82, 2.24) is 30.0 Å². The lowest BCUT2D eigenvalue weighted by Gasteiger charge is -2.34. The molecule has 0 aromatic carbocycles. The number of guanidine groups is 1. The zero-order chi connectivity index (χ0) is 20.6. The fourth-order valence-corrected chi connectivity index (χ4v) is 4.64. The summed E-state index contributed by atoms with van der Waals surface area (Å²) in [6.45, 7) is 12.2. The van der Waals surface area contributed by atoms with E-state index in [4.69, 9.17) is 4.74 Å². The van der Waals surface area contributed by atoms with E-state index in [2.05, 4.69) is 39.9 Å². The lowest BCUT2D eigenvalue weighted by Crippen LogP contribution is -2.48. The van der Waals surface area contributed by atoms with Gasteiger partial charge in [0.15, 0.2) is 5.96 Å². The number of likely N-dealkylation sites (tertiary alicyclic amines) is 1. The van der Waals surface area contributed by atoms with Crippen LogP contribution in [0, 0.1) is 0 Å². The van der Waals surface area contributed by atoms with Crippen LogP contribution in [-0.2, 0) is 4.74 Å². The molecule has 9 nitrogen and oxygen atoms in total. The number of ether oxygens (including phenoxy) is 1. The fraction of sp³-hybridized carbons (Fsp3) is 0.762. The van der Waals surface area contributed by atoms with E-state index in [1.54, 1.807) is 0 Å². The molecule has 31 heavy (non-hydrogen) atoms. The summed E-state index contributed by atoms with van der Waals surface area (Å²) in [7, 11) is 1.90. The van der Waals surface area contributed by atoms with Crippen molar-refractivity contribution in [2.24, 2.45) is 4.99 Å². The molecule has 3 fully saturated rings. The van der Waals surface area contributed by atoms with Gasteiger partial charge in [-0.05, 0) is 25.5 Å². The van der Waals surface area contributed by atoms with Crippen molar-refractivity contribution >= 4 is 35.9 Å². The quantitative estimate of drug-likeness (QED) is 0.242. The summed E-state index contributed by atoms with van der Waals surface area (Å²) in [6, 6.07) is 2.50. The van der Waals surface area contributed by atoms with Gasteiger partial charge in [0.2, 0.25) is 5.95 Å². The van der Waals surface area contributed by atoms with Gasteiger partial charge < -0.3 is 19.9 Å². The highest BCUT2D eigenvalue weighted by atomic mass is 127. The van der Waals surface area contributed by atoms with Crippen molar-refractivity contribution in [3.8, 4) is 0 Å². The van der Waals surface area contributed by atoms with Crippen molar-refractivity contribution in [2.75, 3.05) is 90.6 Å². The highest BCUT2D eigenvalue weighted by Crippen LogP contribution is 2.17. The van der Waals surface area contributed by atoms with Gasteiger partial charge in [-0.25, -0.2) is 9.97 Å². The molecule has 1 aromatic heterocycles. The van der Waals surface area contributed by atoms with Gasteiger partial charge >= 0.3 is 0 Å². The molecule has 0 bridgehead atoms. The first-order valence-electron chi connectivity index (χ1n) is 11.3. The van der Waals surface area contributed by atoms with Crippen LogP contribution in [-0.4, -0.2) is 122 Å². The topological polar surface area (TPSA) is 72.4 Å². The first kappa shape index (κ1) is 24.4. The Morgan fingerprint density at radius 3 is 2.55 bits per heavy atom. The van der Waals surface area contributed by atoms with Crippen molar-refractivity contribution in [2.45, 2.75) is 18.9 Å². The molecule has 3 aliphatic heterocycles. The van der Waals surface area contributed by atoms with E-state index < -0.39 is 0 Å². The van der Waals surface area contributed by atoms with Crippen LogP contribution >= 0.6 is 24.0 Å². The third-order valence-electron chi connectivity index (χ3n) is 6.38. The van der Waals surface area contributed by atoms with E-state index >= 15 is 0 Å². The summed E-state index contributed by atoms with van der Waals surface area (Å²) >= 11 is 0. The molecule has 10 heteroatoms. The van der Waals surface area contributed by atoms with Crippen LogP contribution in [0.4, 0.5) is 5.95 Å². The van der Waals surface area contributed by atoms with Crippen molar-refractivity contribution < 1.29 is 4.74 Å². The first-order valence-corrected chi connectivity index (χ1v) is 11.3. The predicted molar refractivity (Wildman–Crippen MR) is 134 cm³/mol. The minimum Gasteiger partial charge on any atom is -0.379 e. The number of anilines is 1. The van der Waals surface area contributed by atoms with E-state index in [9.17, 15) is 0 Å². The van der Waals surface area contributed by atoms with Gasteiger partial charge in [0, 0.05) is 84.4 Å². The number of aromatic nitrogens is 2. The Balaban J connectivity index is 0.00000272. The van der Waals surface area contributed by atoms with Gasteiger partial charge in [0.05, 0.1) is 13.2 Å². The lowest BCUT2D eigenvalue weighted by molar-refractivity contribution is 0.0195. The zero-order valence-electron chi connectivity index (χ0n) is 18.7. The molecule has 1 N–H and O–H groups in total. The summed E-state index contributed by atoms with van der Waals surface area (Å²) in [6.07, 6.45) is 5.98. The van der Waals surface area contributed by atoms with Crippen LogP contribution in [0.3, 0.4) is 0 Å². The predicted octanol–water partition coefficient (Wildman–Crippen LogP) is 0.589. The summed E-state index contributed by atoms with van der Waals surface area (Å²) in [5, 5.41) is 3.58. The number of nitrogens with one attached hydrogen (secondary N) is 1. The monoisotopic (exact) mass is 544 g/mol. The van der Waals surface area contributed by atoms with E-state index in [0.717, 1.165) is 97.0 Å². The molecule has 4 heterocycles. The van der Waals surface area contributed by atoms with Gasteiger partial charge in [-0.15, -0.1) is 24.0 Å². The van der Waals surface area contributed by atoms with E-state index in [1.165, 1.54) is 6.42 Å². The maximum Gasteiger partial charge on any atom is 0.225 e. The second-order valence-corrected chi connectivity index (χ2v) is 8.24. The number of nitrogens with zero attached hydrogens (tertiary/aromatic N) is 7. The number of piperazine rings is 1. The van der Waals surface area contributed by atoms with Crippen molar-refractivity contribution in [1.29, 1.82) is 0 Å². The second-order valence-electron chi connectivity index (χ2n) is 8.24. The number of aliphatic imine (C=N–C) groups is 1. The number of hydrogen-bond donors (Lipinski definition) is 1. The molecule has 0 amide bonds. The minimum absolute atomic E-state index is 0. The first-order chi connectivity index (χ1) is 14.8. The summed E-state index contributed by atoms with van der Waals surface area (Å²) in [4.78, 5) is 23.1. The van der Waals surface area contributed by atoms with Crippen LogP contribution in [0.25, 0.3) is 0 Å². The van der Waals surface area contributed by atoms with Crippen LogP contribution in [0.1, 0.15) is 12.8 Å². The Labute approximate surface area is 203 Å². The number of rotatable bonds is 6. The standard InChI is InChI=1S/C21H36N8O.HI/c1-22-20(29-9-4-19(18-29)27-14-16-30-17-15-27)23-7-3-8-26-10-12-28(13-11-26)21-24-5-2-6-25-21;/h2,5-6,19H,3-4,7-18H2,1H3,(H,22,23);1H. The fourth-order valence-electron chi connectivity index (χ4n) is 4.64. The second kappa shape index (κ2) is 12.7. The molecule has 0 radical (unpaired) electrons. The minimum atomic E-state index is 0. The highest BCUT2D eigenvalue weighted by molar-refractivity contribution is 14.0. The van der Waals surface area contributed by atoms with Crippen LogP contribution in [0.5, 0.6) is 0 Å². The van der Waals surface area contributed by atoms with Crippen LogP contribution < -0.4 is 10.2 Å².